The third-order valence-electron chi connectivity index (χ3n) is 9.60. The van der Waals surface area contributed by atoms with Crippen LogP contribution in [0.25, 0.3) is 0 Å². The van der Waals surface area contributed by atoms with Gasteiger partial charge in [0.15, 0.2) is 0 Å². The number of benzene rings is 1. The average molecular weight is 706 g/mol. The van der Waals surface area contributed by atoms with Crippen LogP contribution in [-0.2, 0) is 35.1 Å². The fourth-order valence-corrected chi connectivity index (χ4v) is 6.76. The summed E-state index contributed by atoms with van der Waals surface area (Å²) in [4.78, 5) is 24.7. The molecule has 2 aliphatic heterocycles. The number of hydrogen-bond donors (Lipinski definition) is 4. The summed E-state index contributed by atoms with van der Waals surface area (Å²) in [5.41, 5.74) is -1.16. The Labute approximate surface area is 296 Å². The quantitative estimate of drug-likeness (QED) is 0.0934. The summed E-state index contributed by atoms with van der Waals surface area (Å²) in [5, 5.41) is 37.6. The molecule has 0 bridgehead atoms. The van der Waals surface area contributed by atoms with Gasteiger partial charge in [-0.05, 0) is 69.4 Å². The standard InChI is InChI=1S/C38H56ClNO9/c1-9-30(46-8)25(4)34-35(49-34)36(40-22-27-13-10-14-28(39)20-27)38(7,45)18-11-12-23(2)33-24(3)15-16-31(47-26(5)41)37(6,44)19-17-29(42)21-32(43)48-33/h10-16,18,20,24-25,29-31,33-36,40,42,44-45H,9,17,19,21-22H2,1-8H3/t24-,25+,29+,30-,31-,33?,34+,35-,36?,37+,38?/m0/s1. The van der Waals surface area contributed by atoms with Crippen molar-refractivity contribution in [3.8, 4) is 0 Å². The lowest BCUT2D eigenvalue weighted by Crippen LogP contribution is -2.52. The van der Waals surface area contributed by atoms with Crippen LogP contribution in [0, 0.1) is 11.8 Å². The highest BCUT2D eigenvalue weighted by atomic mass is 35.5. The Morgan fingerprint density at radius 2 is 1.98 bits per heavy atom. The van der Waals surface area contributed by atoms with Crippen molar-refractivity contribution < 1.29 is 43.9 Å². The lowest BCUT2D eigenvalue weighted by atomic mass is 9.87. The van der Waals surface area contributed by atoms with Gasteiger partial charge in [-0.2, -0.15) is 0 Å². The van der Waals surface area contributed by atoms with Crippen LogP contribution in [0.2, 0.25) is 5.02 Å². The van der Waals surface area contributed by atoms with Crippen LogP contribution in [0.3, 0.4) is 0 Å². The molecule has 11 atom stereocenters. The third-order valence-corrected chi connectivity index (χ3v) is 9.84. The molecule has 3 unspecified atom stereocenters. The highest BCUT2D eigenvalue weighted by Gasteiger charge is 2.54. The first kappa shape index (κ1) is 40.9. The summed E-state index contributed by atoms with van der Waals surface area (Å²) in [7, 11) is 1.70. The Kier molecular flexibility index (Phi) is 15.1. The van der Waals surface area contributed by atoms with E-state index in [-0.39, 0.29) is 49.4 Å². The van der Waals surface area contributed by atoms with E-state index < -0.39 is 47.5 Å². The normalized spacial score (nSPS) is 31.5. The number of esters is 2. The van der Waals surface area contributed by atoms with Gasteiger partial charge in [-0.15, -0.1) is 0 Å². The van der Waals surface area contributed by atoms with E-state index in [1.54, 1.807) is 44.4 Å². The number of carbonyl (C=O) groups excluding carboxylic acids is 2. The van der Waals surface area contributed by atoms with Gasteiger partial charge in [0, 0.05) is 37.4 Å². The third kappa shape index (κ3) is 12.0. The van der Waals surface area contributed by atoms with E-state index >= 15 is 0 Å². The fourth-order valence-electron chi connectivity index (χ4n) is 6.55. The molecular weight excluding hydrogens is 650 g/mol. The molecule has 0 aromatic heterocycles. The van der Waals surface area contributed by atoms with E-state index in [1.807, 2.05) is 38.1 Å². The number of rotatable bonds is 13. The average Bonchev–Trinajstić information content (AvgIpc) is 3.81. The number of aliphatic hydroxyl groups is 3. The van der Waals surface area contributed by atoms with Crippen LogP contribution in [0.1, 0.15) is 79.7 Å². The molecule has 0 amide bonds. The first-order valence-electron chi connectivity index (χ1n) is 17.2. The monoisotopic (exact) mass is 705 g/mol. The Balaban J connectivity index is 1.87. The van der Waals surface area contributed by atoms with Gasteiger partial charge in [0.1, 0.15) is 23.9 Å². The summed E-state index contributed by atoms with van der Waals surface area (Å²) in [6.07, 6.45) is 6.28. The molecule has 2 heterocycles. The number of cyclic esters (lactones) is 1. The van der Waals surface area contributed by atoms with Gasteiger partial charge in [-0.3, -0.25) is 9.59 Å². The van der Waals surface area contributed by atoms with Gasteiger partial charge >= 0.3 is 11.9 Å². The van der Waals surface area contributed by atoms with Crippen molar-refractivity contribution in [2.45, 2.75) is 135 Å². The molecule has 1 aromatic carbocycles. The molecular formula is C38H56ClNO9. The van der Waals surface area contributed by atoms with Crippen LogP contribution >= 0.6 is 11.6 Å². The molecule has 1 saturated heterocycles. The van der Waals surface area contributed by atoms with Gasteiger partial charge in [0.25, 0.3) is 0 Å². The number of aliphatic hydroxyl groups excluding tert-OH is 1. The smallest absolute Gasteiger partial charge is 0.309 e. The highest BCUT2D eigenvalue weighted by molar-refractivity contribution is 6.30. The molecule has 10 nitrogen and oxygen atoms in total. The van der Waals surface area contributed by atoms with Crippen molar-refractivity contribution in [2.75, 3.05) is 7.11 Å². The highest BCUT2D eigenvalue weighted by Crippen LogP contribution is 2.39. The number of methoxy groups -OCH3 is 1. The molecule has 0 radical (unpaired) electrons. The van der Waals surface area contributed by atoms with Gasteiger partial charge in [0.05, 0.1) is 36.4 Å². The Bertz CT molecular complexity index is 1340. The van der Waals surface area contributed by atoms with Crippen LogP contribution < -0.4 is 5.32 Å². The maximum atomic E-state index is 12.9. The summed E-state index contributed by atoms with van der Waals surface area (Å²) in [5.74, 6) is -1.39. The molecule has 4 N–H and O–H groups in total. The topological polar surface area (TPSA) is 147 Å². The predicted octanol–water partition coefficient (Wildman–Crippen LogP) is 5.21. The number of ether oxygens (including phenoxy) is 4. The minimum atomic E-state index is -1.46. The molecule has 274 valence electrons. The fraction of sp³-hybridized carbons (Fsp3) is 0.632. The van der Waals surface area contributed by atoms with Crippen LogP contribution in [-0.4, -0.2) is 88.2 Å². The summed E-state index contributed by atoms with van der Waals surface area (Å²) in [6, 6.07) is 7.06. The first-order valence-corrected chi connectivity index (χ1v) is 17.6. The Morgan fingerprint density at radius 3 is 2.61 bits per heavy atom. The Hall–Kier alpha value is -2.57. The van der Waals surface area contributed by atoms with Crippen LogP contribution in [0.15, 0.2) is 60.2 Å². The molecule has 3 rings (SSSR count). The van der Waals surface area contributed by atoms with E-state index in [0.717, 1.165) is 12.0 Å². The van der Waals surface area contributed by atoms with Crippen molar-refractivity contribution in [3.05, 3.63) is 70.8 Å². The molecule has 1 fully saturated rings. The van der Waals surface area contributed by atoms with E-state index in [9.17, 15) is 24.9 Å². The number of hydrogen-bond acceptors (Lipinski definition) is 10. The minimum absolute atomic E-state index is 0.0240. The van der Waals surface area contributed by atoms with Gasteiger partial charge in [-0.25, -0.2) is 0 Å². The zero-order chi connectivity index (χ0) is 36.5. The molecule has 2 aliphatic rings. The molecule has 0 aliphatic carbocycles. The second-order valence-electron chi connectivity index (χ2n) is 14.0. The maximum Gasteiger partial charge on any atom is 0.309 e. The van der Waals surface area contributed by atoms with Crippen molar-refractivity contribution >= 4 is 23.5 Å². The minimum Gasteiger partial charge on any atom is -0.457 e. The molecule has 0 spiro atoms. The van der Waals surface area contributed by atoms with Gasteiger partial charge < -0.3 is 39.6 Å². The molecule has 11 heteroatoms. The number of nitrogens with one attached hydrogen (secondary N) is 1. The summed E-state index contributed by atoms with van der Waals surface area (Å²) in [6.45, 7) is 12.8. The lowest BCUT2D eigenvalue weighted by molar-refractivity contribution is -0.157. The second kappa shape index (κ2) is 18.1. The van der Waals surface area contributed by atoms with Crippen LogP contribution in [0.5, 0.6) is 0 Å². The summed E-state index contributed by atoms with van der Waals surface area (Å²) >= 11 is 6.22. The zero-order valence-corrected chi connectivity index (χ0v) is 30.9. The maximum absolute atomic E-state index is 12.9. The zero-order valence-electron chi connectivity index (χ0n) is 30.1. The van der Waals surface area contributed by atoms with E-state index in [2.05, 4.69) is 19.2 Å². The number of epoxide rings is 1. The number of allylic oxidation sites excluding steroid dienone is 2. The van der Waals surface area contributed by atoms with Gasteiger partial charge in [0.2, 0.25) is 0 Å². The van der Waals surface area contributed by atoms with Crippen molar-refractivity contribution in [1.82, 2.24) is 5.32 Å². The van der Waals surface area contributed by atoms with Crippen molar-refractivity contribution in [1.29, 1.82) is 0 Å². The van der Waals surface area contributed by atoms with Crippen molar-refractivity contribution in [3.63, 3.8) is 0 Å². The Morgan fingerprint density at radius 1 is 1.27 bits per heavy atom. The second-order valence-corrected chi connectivity index (χ2v) is 14.5. The molecule has 1 aromatic rings. The summed E-state index contributed by atoms with van der Waals surface area (Å²) < 4.78 is 23.1. The molecule has 49 heavy (non-hydrogen) atoms. The van der Waals surface area contributed by atoms with Gasteiger partial charge in [-0.1, -0.05) is 68.8 Å². The molecule has 0 saturated carbocycles. The SMILES string of the molecule is CC[C@H](OC)[C@@H](C)[C@H]1O[C@@H]1C(NCc1cccc(Cl)c1)C(C)(O)C=CC=C(C)C1OC(=O)C[C@H](O)CC[C@@](C)(O)[C@@H](OC(C)=O)C=C[C@@H]1C. The van der Waals surface area contributed by atoms with Crippen molar-refractivity contribution in [2.24, 2.45) is 11.8 Å². The largest absolute Gasteiger partial charge is 0.457 e. The lowest BCUT2D eigenvalue weighted by Gasteiger charge is -2.32. The van der Waals surface area contributed by atoms with E-state index in [4.69, 9.17) is 30.5 Å². The number of halogens is 1. The van der Waals surface area contributed by atoms with Crippen LogP contribution in [0.4, 0.5) is 0 Å². The first-order chi connectivity index (χ1) is 23.0. The van der Waals surface area contributed by atoms with E-state index in [0.29, 0.717) is 17.1 Å². The number of carbonyl (C=O) groups is 2. The van der Waals surface area contributed by atoms with E-state index in [1.165, 1.54) is 13.8 Å². The predicted molar refractivity (Wildman–Crippen MR) is 189 cm³/mol.